The number of nitrogen functional groups attached to an aromatic ring is 1. The van der Waals surface area contributed by atoms with Crippen LogP contribution in [0.3, 0.4) is 0 Å². The van der Waals surface area contributed by atoms with Gasteiger partial charge in [-0.2, -0.15) is 0 Å². The molecule has 7 heteroatoms. The largest absolute Gasteiger partial charge is 0.374 e. The van der Waals surface area contributed by atoms with Crippen LogP contribution < -0.4 is 11.1 Å². The maximum Gasteiger partial charge on any atom is 0.282 e. The SMILES string of the molecule is CN(CCNC(=O)c1nnc(N)s1)C1CCCC1. The molecule has 1 aromatic heterocycles. The van der Waals surface area contributed by atoms with E-state index < -0.39 is 0 Å². The maximum absolute atomic E-state index is 11.7. The third-order valence-corrected chi connectivity index (χ3v) is 4.08. The zero-order valence-corrected chi connectivity index (χ0v) is 11.4. The van der Waals surface area contributed by atoms with Gasteiger partial charge in [-0.25, -0.2) is 0 Å². The molecule has 0 bridgehead atoms. The summed E-state index contributed by atoms with van der Waals surface area (Å²) in [4.78, 5) is 14.0. The van der Waals surface area contributed by atoms with E-state index in [-0.39, 0.29) is 5.91 Å². The van der Waals surface area contributed by atoms with Crippen molar-refractivity contribution in [3.8, 4) is 0 Å². The lowest BCUT2D eigenvalue weighted by molar-refractivity contribution is 0.0946. The molecule has 1 heterocycles. The van der Waals surface area contributed by atoms with E-state index in [1.165, 1.54) is 25.7 Å². The Morgan fingerprint density at radius 1 is 1.50 bits per heavy atom. The van der Waals surface area contributed by atoms with Gasteiger partial charge in [0.05, 0.1) is 0 Å². The molecule has 3 N–H and O–H groups in total. The maximum atomic E-state index is 11.7. The highest BCUT2D eigenvalue weighted by Crippen LogP contribution is 2.21. The Hall–Kier alpha value is -1.21. The van der Waals surface area contributed by atoms with Crippen LogP contribution in [0.15, 0.2) is 0 Å². The Kier molecular flexibility index (Phi) is 4.48. The summed E-state index contributed by atoms with van der Waals surface area (Å²) < 4.78 is 0. The number of carbonyl (C=O) groups excluding carboxylic acids is 1. The summed E-state index contributed by atoms with van der Waals surface area (Å²) in [6, 6.07) is 0.680. The first-order chi connectivity index (χ1) is 8.66. The van der Waals surface area contributed by atoms with Crippen molar-refractivity contribution in [1.29, 1.82) is 0 Å². The van der Waals surface area contributed by atoms with E-state index in [9.17, 15) is 4.79 Å². The van der Waals surface area contributed by atoms with E-state index in [0.29, 0.717) is 22.7 Å². The average molecular weight is 269 g/mol. The monoisotopic (exact) mass is 269 g/mol. The van der Waals surface area contributed by atoms with Crippen LogP contribution in [0.1, 0.15) is 35.5 Å². The van der Waals surface area contributed by atoms with E-state index in [1.54, 1.807) is 0 Å². The number of hydrogen-bond acceptors (Lipinski definition) is 6. The third-order valence-electron chi connectivity index (χ3n) is 3.33. The molecule has 2 rings (SSSR count). The molecule has 1 saturated carbocycles. The first-order valence-electron chi connectivity index (χ1n) is 6.24. The predicted molar refractivity (Wildman–Crippen MR) is 71.5 cm³/mol. The fraction of sp³-hybridized carbons (Fsp3) is 0.727. The van der Waals surface area contributed by atoms with Gasteiger partial charge >= 0.3 is 0 Å². The van der Waals surface area contributed by atoms with Gasteiger partial charge in [-0.3, -0.25) is 4.79 Å². The molecule has 1 aromatic rings. The summed E-state index contributed by atoms with van der Waals surface area (Å²) >= 11 is 1.11. The normalized spacial score (nSPS) is 16.3. The van der Waals surface area contributed by atoms with E-state index in [0.717, 1.165) is 17.9 Å². The van der Waals surface area contributed by atoms with Gasteiger partial charge in [0.25, 0.3) is 5.91 Å². The number of aromatic nitrogens is 2. The molecule has 0 saturated heterocycles. The molecular formula is C11H19N5OS. The molecule has 1 fully saturated rings. The van der Waals surface area contributed by atoms with Gasteiger partial charge in [0, 0.05) is 19.1 Å². The lowest BCUT2D eigenvalue weighted by Gasteiger charge is -2.23. The molecule has 0 unspecified atom stereocenters. The van der Waals surface area contributed by atoms with Crippen molar-refractivity contribution in [2.75, 3.05) is 25.9 Å². The predicted octanol–water partition coefficient (Wildman–Crippen LogP) is 0.724. The molecule has 18 heavy (non-hydrogen) atoms. The fourth-order valence-electron chi connectivity index (χ4n) is 2.28. The van der Waals surface area contributed by atoms with E-state index in [1.807, 2.05) is 0 Å². The number of anilines is 1. The molecule has 0 aromatic carbocycles. The topological polar surface area (TPSA) is 84.1 Å². The minimum atomic E-state index is -0.191. The van der Waals surface area contributed by atoms with Crippen molar-refractivity contribution in [2.24, 2.45) is 0 Å². The quantitative estimate of drug-likeness (QED) is 0.823. The van der Waals surface area contributed by atoms with Crippen molar-refractivity contribution >= 4 is 22.4 Å². The Morgan fingerprint density at radius 3 is 2.83 bits per heavy atom. The Morgan fingerprint density at radius 2 is 2.22 bits per heavy atom. The minimum Gasteiger partial charge on any atom is -0.374 e. The van der Waals surface area contributed by atoms with E-state index in [2.05, 4.69) is 27.5 Å². The van der Waals surface area contributed by atoms with Crippen LogP contribution in [0.4, 0.5) is 5.13 Å². The summed E-state index contributed by atoms with van der Waals surface area (Å²) in [6.07, 6.45) is 5.20. The molecular weight excluding hydrogens is 250 g/mol. The smallest absolute Gasteiger partial charge is 0.282 e. The lowest BCUT2D eigenvalue weighted by atomic mass is 10.2. The number of nitrogens with two attached hydrogens (primary N) is 1. The number of likely N-dealkylation sites (N-methyl/N-ethyl adjacent to an activating group) is 1. The van der Waals surface area contributed by atoms with Gasteiger partial charge in [-0.05, 0) is 19.9 Å². The highest BCUT2D eigenvalue weighted by molar-refractivity contribution is 7.16. The Bertz CT molecular complexity index is 402. The second-order valence-corrected chi connectivity index (χ2v) is 5.63. The highest BCUT2D eigenvalue weighted by atomic mass is 32.1. The van der Waals surface area contributed by atoms with Gasteiger partial charge in [-0.15, -0.1) is 10.2 Å². The van der Waals surface area contributed by atoms with Crippen molar-refractivity contribution in [1.82, 2.24) is 20.4 Å². The molecule has 1 amide bonds. The van der Waals surface area contributed by atoms with Crippen LogP contribution in [0, 0.1) is 0 Å². The summed E-state index contributed by atoms with van der Waals surface area (Å²) in [5, 5.41) is 10.8. The van der Waals surface area contributed by atoms with Crippen molar-refractivity contribution < 1.29 is 4.79 Å². The molecule has 0 spiro atoms. The standard InChI is InChI=1S/C11H19N5OS/c1-16(8-4-2-3-5-8)7-6-13-9(17)10-14-15-11(12)18-10/h8H,2-7H2,1H3,(H2,12,15)(H,13,17). The Labute approximate surface area is 111 Å². The van der Waals surface area contributed by atoms with E-state index in [4.69, 9.17) is 5.73 Å². The number of rotatable bonds is 5. The number of hydrogen-bond donors (Lipinski definition) is 2. The zero-order chi connectivity index (χ0) is 13.0. The van der Waals surface area contributed by atoms with Crippen LogP contribution in [0.5, 0.6) is 0 Å². The van der Waals surface area contributed by atoms with Gasteiger partial charge in [0.2, 0.25) is 10.1 Å². The average Bonchev–Trinajstić information content (AvgIpc) is 2.99. The molecule has 1 aliphatic carbocycles. The van der Waals surface area contributed by atoms with Crippen molar-refractivity contribution in [3.63, 3.8) is 0 Å². The van der Waals surface area contributed by atoms with Crippen LogP contribution in [-0.4, -0.2) is 47.2 Å². The number of amides is 1. The third kappa shape index (κ3) is 3.39. The van der Waals surface area contributed by atoms with Gasteiger partial charge < -0.3 is 16.0 Å². The van der Waals surface area contributed by atoms with Crippen LogP contribution in [0.2, 0.25) is 0 Å². The molecule has 0 radical (unpaired) electrons. The fourth-order valence-corrected chi connectivity index (χ4v) is 2.80. The molecule has 0 atom stereocenters. The first-order valence-corrected chi connectivity index (χ1v) is 7.06. The summed E-state index contributed by atoms with van der Waals surface area (Å²) in [7, 11) is 2.12. The van der Waals surface area contributed by atoms with Gasteiger partial charge in [0.1, 0.15) is 0 Å². The number of nitrogens with one attached hydrogen (secondary N) is 1. The highest BCUT2D eigenvalue weighted by Gasteiger charge is 2.19. The molecule has 6 nitrogen and oxygen atoms in total. The molecule has 100 valence electrons. The Balaban J connectivity index is 1.70. The van der Waals surface area contributed by atoms with Crippen molar-refractivity contribution in [2.45, 2.75) is 31.7 Å². The second-order valence-electron chi connectivity index (χ2n) is 4.62. The summed E-state index contributed by atoms with van der Waals surface area (Å²) in [5.74, 6) is -0.191. The van der Waals surface area contributed by atoms with Crippen LogP contribution in [-0.2, 0) is 0 Å². The number of nitrogens with zero attached hydrogens (tertiary/aromatic N) is 3. The van der Waals surface area contributed by atoms with Gasteiger partial charge in [-0.1, -0.05) is 24.2 Å². The van der Waals surface area contributed by atoms with E-state index >= 15 is 0 Å². The summed E-state index contributed by atoms with van der Waals surface area (Å²) in [6.45, 7) is 1.50. The van der Waals surface area contributed by atoms with Crippen LogP contribution in [0.25, 0.3) is 0 Å². The molecule has 1 aliphatic rings. The van der Waals surface area contributed by atoms with Gasteiger partial charge in [0.15, 0.2) is 0 Å². The minimum absolute atomic E-state index is 0.191. The molecule has 0 aliphatic heterocycles. The van der Waals surface area contributed by atoms with Crippen molar-refractivity contribution in [3.05, 3.63) is 5.01 Å². The first kappa shape index (κ1) is 13.2. The zero-order valence-electron chi connectivity index (χ0n) is 10.6. The second kappa shape index (κ2) is 6.10. The lowest BCUT2D eigenvalue weighted by Crippen LogP contribution is -2.37. The van der Waals surface area contributed by atoms with Crippen LogP contribution >= 0.6 is 11.3 Å². The summed E-state index contributed by atoms with van der Waals surface area (Å²) in [5.41, 5.74) is 5.43. The number of carbonyl (C=O) groups is 1.